The first kappa shape index (κ1) is 11.1. The van der Waals surface area contributed by atoms with Crippen LogP contribution >= 0.6 is 0 Å². The Morgan fingerprint density at radius 1 is 1.10 bits per heavy atom. The van der Waals surface area contributed by atoms with Gasteiger partial charge in [0.1, 0.15) is 5.52 Å². The van der Waals surface area contributed by atoms with E-state index in [1.807, 2.05) is 18.2 Å². The lowest BCUT2D eigenvalue weighted by Crippen LogP contribution is -2.02. The van der Waals surface area contributed by atoms with Crippen LogP contribution in [0.3, 0.4) is 0 Å². The fourth-order valence-electron chi connectivity index (χ4n) is 2.79. The molecule has 1 aliphatic rings. The molecule has 0 atom stereocenters. The minimum Gasteiger partial charge on any atom is -0.476 e. The van der Waals surface area contributed by atoms with Crippen molar-refractivity contribution in [3.05, 3.63) is 53.2 Å². The highest BCUT2D eigenvalue weighted by atomic mass is 16.4. The van der Waals surface area contributed by atoms with Gasteiger partial charge in [0.15, 0.2) is 5.69 Å². The van der Waals surface area contributed by atoms with Crippen LogP contribution in [0.2, 0.25) is 0 Å². The van der Waals surface area contributed by atoms with Gasteiger partial charge in [-0.25, -0.2) is 4.79 Å². The molecule has 0 saturated heterocycles. The van der Waals surface area contributed by atoms with Crippen LogP contribution in [0.5, 0.6) is 0 Å². The number of carboxylic acids is 1. The van der Waals surface area contributed by atoms with Crippen LogP contribution < -0.4 is 0 Å². The molecule has 96 valence electrons. The topological polar surface area (TPSA) is 63.1 Å². The lowest BCUT2D eigenvalue weighted by molar-refractivity contribution is 0.0689. The van der Waals surface area contributed by atoms with Gasteiger partial charge in [0.2, 0.25) is 0 Å². The molecule has 0 radical (unpaired) electrons. The highest BCUT2D eigenvalue weighted by Crippen LogP contribution is 2.31. The van der Waals surface area contributed by atoms with Crippen LogP contribution in [0.1, 0.15) is 21.6 Å². The molecule has 3 aromatic rings. The van der Waals surface area contributed by atoms with E-state index in [0.717, 1.165) is 28.1 Å². The highest BCUT2D eigenvalue weighted by molar-refractivity contribution is 6.08. The summed E-state index contributed by atoms with van der Waals surface area (Å²) in [5.41, 5.74) is 3.27. The maximum atomic E-state index is 11.0. The van der Waals surface area contributed by atoms with Crippen molar-refractivity contribution in [1.29, 1.82) is 0 Å². The van der Waals surface area contributed by atoms with E-state index >= 15 is 0 Å². The molecule has 0 saturated carbocycles. The Morgan fingerprint density at radius 2 is 1.95 bits per heavy atom. The maximum absolute atomic E-state index is 11.0. The Balaban J connectivity index is 2.08. The van der Waals surface area contributed by atoms with E-state index in [1.54, 1.807) is 6.07 Å². The number of nitrogens with zero attached hydrogens (tertiary/aromatic N) is 2. The van der Waals surface area contributed by atoms with Crippen LogP contribution in [0, 0.1) is 0 Å². The molecule has 1 aromatic heterocycles. The van der Waals surface area contributed by atoms with Gasteiger partial charge >= 0.3 is 5.97 Å². The monoisotopic (exact) mass is 262 g/mol. The van der Waals surface area contributed by atoms with Gasteiger partial charge in [0.05, 0.1) is 0 Å². The molecular weight excluding hydrogens is 252 g/mol. The Morgan fingerprint density at radius 3 is 2.80 bits per heavy atom. The minimum atomic E-state index is -1.06. The zero-order chi connectivity index (χ0) is 13.7. The number of hydrogen-bond donors (Lipinski definition) is 1. The Hall–Kier alpha value is -2.75. The molecule has 1 heterocycles. The Labute approximate surface area is 114 Å². The number of carbonyl (C=O) groups is 1. The third kappa shape index (κ3) is 1.45. The minimum absolute atomic E-state index is 0.0281. The van der Waals surface area contributed by atoms with Gasteiger partial charge in [-0.3, -0.25) is 0 Å². The first-order valence-electron chi connectivity index (χ1n) is 6.36. The summed E-state index contributed by atoms with van der Waals surface area (Å²) in [4.78, 5) is 11.0. The number of hydrogen-bond acceptors (Lipinski definition) is 3. The summed E-state index contributed by atoms with van der Waals surface area (Å²) in [5, 5.41) is 19.9. The number of allylic oxidation sites excluding steroid dienone is 1. The van der Waals surface area contributed by atoms with Crippen LogP contribution in [0.15, 0.2) is 36.4 Å². The molecule has 1 N–H and O–H groups in total. The normalized spacial score (nSPS) is 13.0. The molecule has 4 nitrogen and oxygen atoms in total. The van der Waals surface area contributed by atoms with Crippen molar-refractivity contribution >= 4 is 33.7 Å². The van der Waals surface area contributed by atoms with Crippen molar-refractivity contribution in [2.75, 3.05) is 0 Å². The molecule has 0 bridgehead atoms. The second-order valence-corrected chi connectivity index (χ2v) is 4.87. The van der Waals surface area contributed by atoms with Crippen LogP contribution in [0.4, 0.5) is 0 Å². The molecule has 1 aliphatic carbocycles. The molecule has 0 spiro atoms. The van der Waals surface area contributed by atoms with Crippen LogP contribution in [-0.4, -0.2) is 21.3 Å². The van der Waals surface area contributed by atoms with Crippen molar-refractivity contribution in [2.24, 2.45) is 0 Å². The van der Waals surface area contributed by atoms with Gasteiger partial charge in [-0.05, 0) is 29.0 Å². The van der Waals surface area contributed by atoms with Gasteiger partial charge in [-0.1, -0.05) is 36.4 Å². The highest BCUT2D eigenvalue weighted by Gasteiger charge is 2.13. The molecule has 0 unspecified atom stereocenters. The molecular formula is C16H10N2O2. The Kier molecular flexibility index (Phi) is 2.15. The van der Waals surface area contributed by atoms with E-state index in [4.69, 9.17) is 5.11 Å². The smallest absolute Gasteiger partial charge is 0.356 e. The molecule has 2 aromatic carbocycles. The van der Waals surface area contributed by atoms with Gasteiger partial charge in [0.25, 0.3) is 0 Å². The first-order valence-corrected chi connectivity index (χ1v) is 6.36. The predicted molar refractivity (Wildman–Crippen MR) is 76.7 cm³/mol. The first-order chi connectivity index (χ1) is 9.74. The van der Waals surface area contributed by atoms with Crippen molar-refractivity contribution in [3.8, 4) is 0 Å². The number of aromatic nitrogens is 2. The van der Waals surface area contributed by atoms with E-state index in [0.29, 0.717) is 0 Å². The van der Waals surface area contributed by atoms with Crippen molar-refractivity contribution in [1.82, 2.24) is 10.2 Å². The van der Waals surface area contributed by atoms with Gasteiger partial charge in [-0.15, -0.1) is 10.2 Å². The number of benzene rings is 2. The molecule has 4 heteroatoms. The lowest BCUT2D eigenvalue weighted by atomic mass is 9.98. The molecule has 20 heavy (non-hydrogen) atoms. The van der Waals surface area contributed by atoms with Gasteiger partial charge < -0.3 is 5.11 Å². The number of aromatic carboxylic acids is 1. The number of rotatable bonds is 1. The average molecular weight is 262 g/mol. The zero-order valence-electron chi connectivity index (χ0n) is 10.5. The Bertz CT molecular complexity index is 913. The third-order valence-corrected chi connectivity index (χ3v) is 3.74. The summed E-state index contributed by atoms with van der Waals surface area (Å²) in [7, 11) is 0. The fraction of sp³-hybridized carbons (Fsp3) is 0.0625. The lowest BCUT2D eigenvalue weighted by Gasteiger charge is -2.08. The van der Waals surface area contributed by atoms with Gasteiger partial charge in [-0.2, -0.15) is 0 Å². The van der Waals surface area contributed by atoms with E-state index < -0.39 is 5.97 Å². The SMILES string of the molecule is O=C(O)c1cc2ccc3c4c(ccc3c2nn1)C=CC4. The van der Waals surface area contributed by atoms with E-state index in [1.165, 1.54) is 11.1 Å². The van der Waals surface area contributed by atoms with Crippen molar-refractivity contribution in [2.45, 2.75) is 6.42 Å². The van der Waals surface area contributed by atoms with Crippen LogP contribution in [-0.2, 0) is 6.42 Å². The molecule has 4 rings (SSSR count). The summed E-state index contributed by atoms with van der Waals surface area (Å²) < 4.78 is 0. The third-order valence-electron chi connectivity index (χ3n) is 3.74. The largest absolute Gasteiger partial charge is 0.476 e. The number of fused-ring (bicyclic) bond motifs is 5. The molecule has 0 amide bonds. The van der Waals surface area contributed by atoms with Gasteiger partial charge in [0, 0.05) is 10.8 Å². The van der Waals surface area contributed by atoms with Crippen molar-refractivity contribution in [3.63, 3.8) is 0 Å². The quantitative estimate of drug-likeness (QED) is 0.684. The molecule has 0 aliphatic heterocycles. The summed E-state index contributed by atoms with van der Waals surface area (Å²) in [6, 6.07) is 9.62. The summed E-state index contributed by atoms with van der Waals surface area (Å²) >= 11 is 0. The van der Waals surface area contributed by atoms with Crippen LogP contribution in [0.25, 0.3) is 27.8 Å². The summed E-state index contributed by atoms with van der Waals surface area (Å²) in [6.45, 7) is 0. The average Bonchev–Trinajstić information content (AvgIpc) is 2.94. The standard InChI is InChI=1S/C16H10N2O2/c19-16(20)14-8-10-5-6-12-11-3-1-2-9(11)4-7-13(12)15(10)18-17-14/h1-2,4-8H,3H2,(H,19,20). The fourth-order valence-corrected chi connectivity index (χ4v) is 2.79. The zero-order valence-corrected chi connectivity index (χ0v) is 10.5. The van der Waals surface area contributed by atoms with Crippen molar-refractivity contribution < 1.29 is 9.90 Å². The maximum Gasteiger partial charge on any atom is 0.356 e. The summed E-state index contributed by atoms with van der Waals surface area (Å²) in [5.74, 6) is -1.06. The second kappa shape index (κ2) is 3.87. The van der Waals surface area contributed by atoms with E-state index in [2.05, 4.69) is 28.4 Å². The van der Waals surface area contributed by atoms with E-state index in [-0.39, 0.29) is 5.69 Å². The molecule has 0 fully saturated rings. The summed E-state index contributed by atoms with van der Waals surface area (Å²) in [6.07, 6.45) is 5.20. The number of carboxylic acid groups (broad SMARTS) is 1. The second-order valence-electron chi connectivity index (χ2n) is 4.87. The van der Waals surface area contributed by atoms with E-state index in [9.17, 15) is 4.79 Å². The predicted octanol–water partition coefficient (Wildman–Crippen LogP) is 3.05.